The van der Waals surface area contributed by atoms with Crippen LogP contribution in [0.1, 0.15) is 37.2 Å². The van der Waals surface area contributed by atoms with Crippen molar-refractivity contribution in [2.24, 2.45) is 0 Å². The van der Waals surface area contributed by atoms with Crippen molar-refractivity contribution >= 4 is 10.8 Å². The van der Waals surface area contributed by atoms with Crippen LogP contribution in [0.25, 0.3) is 21.9 Å². The van der Waals surface area contributed by atoms with Gasteiger partial charge in [-0.2, -0.15) is 0 Å². The van der Waals surface area contributed by atoms with E-state index in [0.29, 0.717) is 5.92 Å². The number of benzene rings is 2. The lowest BCUT2D eigenvalue weighted by Gasteiger charge is -2.13. The third-order valence-corrected chi connectivity index (χ3v) is 4.69. The molecule has 1 aliphatic carbocycles. The highest BCUT2D eigenvalue weighted by atomic mass is 14.6. The number of fused-ring (bicyclic) bond motifs is 1. The van der Waals surface area contributed by atoms with Crippen molar-refractivity contribution in [1.29, 1.82) is 0 Å². The van der Waals surface area contributed by atoms with Gasteiger partial charge in [0.2, 0.25) is 0 Å². The molecule has 0 N–H and O–H groups in total. The van der Waals surface area contributed by atoms with E-state index in [1.165, 1.54) is 53.1 Å². The van der Waals surface area contributed by atoms with E-state index in [4.69, 9.17) is 0 Å². The fourth-order valence-electron chi connectivity index (χ4n) is 3.57. The molecule has 0 aliphatic heterocycles. The SMILES string of the molecule is c1ccc(-c2ccc3c(C4CCCC4)cncc3c2)cc1. The van der Waals surface area contributed by atoms with E-state index in [1.807, 2.05) is 6.20 Å². The van der Waals surface area contributed by atoms with Gasteiger partial charge in [0.15, 0.2) is 0 Å². The first-order valence-corrected chi connectivity index (χ1v) is 7.85. The van der Waals surface area contributed by atoms with Crippen molar-refractivity contribution in [2.45, 2.75) is 31.6 Å². The van der Waals surface area contributed by atoms with E-state index in [1.54, 1.807) is 0 Å². The average Bonchev–Trinajstić information content (AvgIpc) is 3.09. The Hall–Kier alpha value is -2.15. The summed E-state index contributed by atoms with van der Waals surface area (Å²) in [5.41, 5.74) is 3.99. The Morgan fingerprint density at radius 3 is 2.43 bits per heavy atom. The highest BCUT2D eigenvalue weighted by molar-refractivity contribution is 5.89. The second-order valence-electron chi connectivity index (χ2n) is 6.01. The molecule has 1 aliphatic rings. The standard InChI is InChI=1S/C20H19N/c1-2-6-15(7-3-1)17-10-11-19-18(12-17)13-21-14-20(19)16-8-4-5-9-16/h1-3,6-7,10-14,16H,4-5,8-9H2. The van der Waals surface area contributed by atoms with Crippen molar-refractivity contribution in [3.8, 4) is 11.1 Å². The molecule has 0 bridgehead atoms. The normalized spacial score (nSPS) is 15.6. The smallest absolute Gasteiger partial charge is 0.0346 e. The van der Waals surface area contributed by atoms with Gasteiger partial charge in [0.05, 0.1) is 0 Å². The van der Waals surface area contributed by atoms with Crippen molar-refractivity contribution in [1.82, 2.24) is 4.98 Å². The lowest BCUT2D eigenvalue weighted by molar-refractivity contribution is 0.726. The predicted molar refractivity (Wildman–Crippen MR) is 88.4 cm³/mol. The number of nitrogens with zero attached hydrogens (tertiary/aromatic N) is 1. The van der Waals surface area contributed by atoms with E-state index in [0.717, 1.165) is 0 Å². The summed E-state index contributed by atoms with van der Waals surface area (Å²) in [6.07, 6.45) is 9.45. The fourth-order valence-corrected chi connectivity index (χ4v) is 3.57. The molecule has 1 fully saturated rings. The molecular formula is C20H19N. The van der Waals surface area contributed by atoms with Crippen molar-refractivity contribution in [2.75, 3.05) is 0 Å². The largest absolute Gasteiger partial charge is 0.264 e. The fraction of sp³-hybridized carbons (Fsp3) is 0.250. The monoisotopic (exact) mass is 273 g/mol. The van der Waals surface area contributed by atoms with Crippen LogP contribution in [0.2, 0.25) is 0 Å². The summed E-state index contributed by atoms with van der Waals surface area (Å²) >= 11 is 0. The zero-order valence-electron chi connectivity index (χ0n) is 12.1. The summed E-state index contributed by atoms with van der Waals surface area (Å²) < 4.78 is 0. The molecule has 1 saturated carbocycles. The lowest BCUT2D eigenvalue weighted by atomic mass is 9.93. The molecule has 1 nitrogen and oxygen atoms in total. The maximum atomic E-state index is 4.49. The van der Waals surface area contributed by atoms with E-state index in [2.05, 4.69) is 59.7 Å². The van der Waals surface area contributed by atoms with Crippen molar-refractivity contribution < 1.29 is 0 Å². The first-order valence-electron chi connectivity index (χ1n) is 7.85. The van der Waals surface area contributed by atoms with Crippen LogP contribution in [0.4, 0.5) is 0 Å². The van der Waals surface area contributed by atoms with Crippen LogP contribution in [-0.4, -0.2) is 4.98 Å². The predicted octanol–water partition coefficient (Wildman–Crippen LogP) is 5.56. The molecule has 1 aromatic heterocycles. The van der Waals surface area contributed by atoms with E-state index in [-0.39, 0.29) is 0 Å². The van der Waals surface area contributed by atoms with Crippen LogP contribution in [0.15, 0.2) is 60.9 Å². The Bertz CT molecular complexity index is 755. The summed E-state index contributed by atoms with van der Waals surface area (Å²) in [5, 5.41) is 2.65. The molecule has 0 amide bonds. The molecule has 3 aromatic rings. The van der Waals surface area contributed by atoms with Gasteiger partial charge in [0.1, 0.15) is 0 Å². The van der Waals surface area contributed by atoms with Crippen molar-refractivity contribution in [3.63, 3.8) is 0 Å². The number of pyridine rings is 1. The summed E-state index contributed by atoms with van der Waals surface area (Å²) in [4.78, 5) is 4.49. The van der Waals surface area contributed by atoms with Crippen LogP contribution in [0.5, 0.6) is 0 Å². The molecule has 21 heavy (non-hydrogen) atoms. The molecule has 0 spiro atoms. The molecule has 0 unspecified atom stereocenters. The molecule has 0 saturated heterocycles. The maximum absolute atomic E-state index is 4.49. The Morgan fingerprint density at radius 2 is 1.62 bits per heavy atom. The molecule has 0 atom stereocenters. The minimum Gasteiger partial charge on any atom is -0.264 e. The number of hydrogen-bond donors (Lipinski definition) is 0. The van der Waals surface area contributed by atoms with Crippen LogP contribution in [0, 0.1) is 0 Å². The Kier molecular flexibility index (Phi) is 3.19. The van der Waals surface area contributed by atoms with Gasteiger partial charge in [-0.25, -0.2) is 0 Å². The molecule has 104 valence electrons. The summed E-state index contributed by atoms with van der Waals surface area (Å²) in [6, 6.07) is 17.4. The van der Waals surface area contributed by atoms with Gasteiger partial charge in [0, 0.05) is 17.8 Å². The Labute approximate surface area is 125 Å². The van der Waals surface area contributed by atoms with E-state index in [9.17, 15) is 0 Å². The zero-order valence-corrected chi connectivity index (χ0v) is 12.1. The zero-order chi connectivity index (χ0) is 14.1. The third-order valence-electron chi connectivity index (χ3n) is 4.69. The first-order chi connectivity index (χ1) is 10.4. The second kappa shape index (κ2) is 5.33. The topological polar surface area (TPSA) is 12.9 Å². The number of rotatable bonds is 2. The third kappa shape index (κ3) is 2.33. The van der Waals surface area contributed by atoms with Gasteiger partial charge in [-0.05, 0) is 46.9 Å². The molecule has 2 aromatic carbocycles. The van der Waals surface area contributed by atoms with Crippen LogP contribution < -0.4 is 0 Å². The highest BCUT2D eigenvalue weighted by Gasteiger charge is 2.19. The minimum atomic E-state index is 0.712. The van der Waals surface area contributed by atoms with Crippen LogP contribution in [-0.2, 0) is 0 Å². The van der Waals surface area contributed by atoms with Gasteiger partial charge in [-0.15, -0.1) is 0 Å². The van der Waals surface area contributed by atoms with E-state index >= 15 is 0 Å². The molecule has 0 radical (unpaired) electrons. The molecule has 1 heteroatoms. The minimum absolute atomic E-state index is 0.712. The van der Waals surface area contributed by atoms with Gasteiger partial charge in [0.25, 0.3) is 0 Å². The summed E-state index contributed by atoms with van der Waals surface area (Å²) in [7, 11) is 0. The van der Waals surface area contributed by atoms with E-state index < -0.39 is 0 Å². The lowest BCUT2D eigenvalue weighted by Crippen LogP contribution is -1.95. The van der Waals surface area contributed by atoms with Crippen molar-refractivity contribution in [3.05, 3.63) is 66.5 Å². The molecule has 1 heterocycles. The second-order valence-corrected chi connectivity index (χ2v) is 6.01. The Balaban J connectivity index is 1.82. The first kappa shape index (κ1) is 12.6. The Morgan fingerprint density at radius 1 is 0.810 bits per heavy atom. The van der Waals surface area contributed by atoms with Gasteiger partial charge in [-0.1, -0.05) is 55.3 Å². The maximum Gasteiger partial charge on any atom is 0.0346 e. The number of hydrogen-bond acceptors (Lipinski definition) is 1. The summed E-state index contributed by atoms with van der Waals surface area (Å²) in [6.45, 7) is 0. The van der Waals surface area contributed by atoms with Gasteiger partial charge >= 0.3 is 0 Å². The average molecular weight is 273 g/mol. The quantitative estimate of drug-likeness (QED) is 0.595. The molecular weight excluding hydrogens is 254 g/mol. The van der Waals surface area contributed by atoms with Crippen LogP contribution in [0.3, 0.4) is 0 Å². The van der Waals surface area contributed by atoms with Gasteiger partial charge < -0.3 is 0 Å². The summed E-state index contributed by atoms with van der Waals surface area (Å²) in [5.74, 6) is 0.712. The van der Waals surface area contributed by atoms with Crippen LogP contribution >= 0.6 is 0 Å². The van der Waals surface area contributed by atoms with Gasteiger partial charge in [-0.3, -0.25) is 4.98 Å². The molecule has 4 rings (SSSR count). The highest BCUT2D eigenvalue weighted by Crippen LogP contribution is 2.37. The number of aromatic nitrogens is 1.